The molecule has 0 N–H and O–H groups in total. The molecule has 2 aromatic rings. The molecule has 0 bridgehead atoms. The summed E-state index contributed by atoms with van der Waals surface area (Å²) in [6.07, 6.45) is 4.78. The van der Waals surface area contributed by atoms with Gasteiger partial charge in [-0.05, 0) is 40.2 Å². The molecule has 4 heteroatoms. The highest BCUT2D eigenvalue weighted by Crippen LogP contribution is 2.12. The van der Waals surface area contributed by atoms with Gasteiger partial charge in [-0.15, -0.1) is 0 Å². The average molecular weight is 263 g/mol. The number of nitrogens with zero attached hydrogens (tertiary/aromatic N) is 2. The highest BCUT2D eigenvalue weighted by molar-refractivity contribution is 9.10. The minimum absolute atomic E-state index is 0.0498. The number of aromatic nitrogens is 2. The topological polar surface area (TPSA) is 42.9 Å². The third-order valence-electron chi connectivity index (χ3n) is 1.91. The van der Waals surface area contributed by atoms with E-state index in [1.54, 1.807) is 42.9 Å². The van der Waals surface area contributed by atoms with Crippen LogP contribution in [0.25, 0.3) is 0 Å². The summed E-state index contributed by atoms with van der Waals surface area (Å²) in [5, 5.41) is 0. The van der Waals surface area contributed by atoms with Crippen molar-refractivity contribution in [3.63, 3.8) is 0 Å². The zero-order valence-corrected chi connectivity index (χ0v) is 9.31. The van der Waals surface area contributed by atoms with E-state index in [0.29, 0.717) is 15.7 Å². The second-order valence-electron chi connectivity index (χ2n) is 2.94. The fourth-order valence-electron chi connectivity index (χ4n) is 1.21. The average Bonchev–Trinajstić information content (AvgIpc) is 2.29. The fraction of sp³-hybridized carbons (Fsp3) is 0. The van der Waals surface area contributed by atoms with Gasteiger partial charge in [-0.2, -0.15) is 0 Å². The van der Waals surface area contributed by atoms with E-state index < -0.39 is 0 Å². The Morgan fingerprint density at radius 2 is 2.07 bits per heavy atom. The minimum Gasteiger partial charge on any atom is -0.289 e. The van der Waals surface area contributed by atoms with Crippen molar-refractivity contribution in [2.75, 3.05) is 0 Å². The molecule has 2 rings (SSSR count). The van der Waals surface area contributed by atoms with Gasteiger partial charge in [-0.25, -0.2) is 4.98 Å². The van der Waals surface area contributed by atoms with Crippen LogP contribution in [0.5, 0.6) is 0 Å². The highest BCUT2D eigenvalue weighted by Gasteiger charge is 2.08. The van der Waals surface area contributed by atoms with Crippen LogP contribution in [0.1, 0.15) is 15.9 Å². The lowest BCUT2D eigenvalue weighted by atomic mass is 10.1. The van der Waals surface area contributed by atoms with Crippen LogP contribution in [0.2, 0.25) is 0 Å². The number of hydrogen-bond donors (Lipinski definition) is 0. The van der Waals surface area contributed by atoms with Gasteiger partial charge in [0.15, 0.2) is 5.78 Å². The summed E-state index contributed by atoms with van der Waals surface area (Å²) in [6, 6.07) is 6.85. The molecule has 0 aliphatic rings. The Labute approximate surface area is 95.3 Å². The number of carbonyl (C=O) groups is 1. The maximum atomic E-state index is 11.9. The van der Waals surface area contributed by atoms with E-state index in [0.717, 1.165) is 0 Å². The molecular formula is C11H7BrN2O. The number of pyridine rings is 2. The molecule has 0 fully saturated rings. The van der Waals surface area contributed by atoms with Crippen LogP contribution in [-0.2, 0) is 0 Å². The molecule has 0 unspecified atom stereocenters. The van der Waals surface area contributed by atoms with Gasteiger partial charge < -0.3 is 0 Å². The summed E-state index contributed by atoms with van der Waals surface area (Å²) in [6.45, 7) is 0. The Morgan fingerprint density at radius 1 is 1.20 bits per heavy atom. The molecule has 0 amide bonds. The molecule has 74 valence electrons. The predicted molar refractivity (Wildman–Crippen MR) is 59.6 cm³/mol. The van der Waals surface area contributed by atoms with Crippen LogP contribution >= 0.6 is 15.9 Å². The van der Waals surface area contributed by atoms with Gasteiger partial charge in [0.1, 0.15) is 4.60 Å². The van der Waals surface area contributed by atoms with Crippen molar-refractivity contribution in [1.29, 1.82) is 0 Å². The van der Waals surface area contributed by atoms with Gasteiger partial charge in [-0.1, -0.05) is 0 Å². The predicted octanol–water partition coefficient (Wildman–Crippen LogP) is 2.47. The van der Waals surface area contributed by atoms with Crippen molar-refractivity contribution in [2.45, 2.75) is 0 Å². The second kappa shape index (κ2) is 4.31. The molecule has 0 saturated heterocycles. The molecule has 0 spiro atoms. The van der Waals surface area contributed by atoms with Crippen LogP contribution in [0, 0.1) is 0 Å². The molecule has 0 aromatic carbocycles. The maximum absolute atomic E-state index is 11.9. The number of rotatable bonds is 2. The molecular weight excluding hydrogens is 256 g/mol. The van der Waals surface area contributed by atoms with E-state index in [1.165, 1.54) is 0 Å². The molecule has 2 aromatic heterocycles. The first-order valence-corrected chi connectivity index (χ1v) is 5.13. The molecule has 2 heterocycles. The Kier molecular flexibility index (Phi) is 2.87. The lowest BCUT2D eigenvalue weighted by Gasteiger charge is -2.00. The molecule has 0 aliphatic heterocycles. The Balaban J connectivity index is 2.37. The Bertz CT molecular complexity index is 485. The van der Waals surface area contributed by atoms with Crippen LogP contribution < -0.4 is 0 Å². The highest BCUT2D eigenvalue weighted by atomic mass is 79.9. The summed E-state index contributed by atoms with van der Waals surface area (Å²) >= 11 is 3.22. The van der Waals surface area contributed by atoms with E-state index in [-0.39, 0.29) is 5.78 Å². The zero-order chi connectivity index (χ0) is 10.7. The number of halogens is 1. The molecule has 0 radical (unpaired) electrons. The Hall–Kier alpha value is -1.55. The largest absolute Gasteiger partial charge is 0.289 e. The van der Waals surface area contributed by atoms with Gasteiger partial charge in [0.2, 0.25) is 0 Å². The smallest absolute Gasteiger partial charge is 0.194 e. The van der Waals surface area contributed by atoms with Crippen LogP contribution in [0.15, 0.2) is 47.5 Å². The quantitative estimate of drug-likeness (QED) is 0.617. The first-order chi connectivity index (χ1) is 7.27. The van der Waals surface area contributed by atoms with E-state index in [9.17, 15) is 4.79 Å². The number of carbonyl (C=O) groups excluding carboxylic acids is 1. The van der Waals surface area contributed by atoms with Crippen molar-refractivity contribution in [3.8, 4) is 0 Å². The van der Waals surface area contributed by atoms with Crippen molar-refractivity contribution < 1.29 is 4.79 Å². The number of ketones is 1. The van der Waals surface area contributed by atoms with Crippen LogP contribution in [-0.4, -0.2) is 15.8 Å². The number of hydrogen-bond acceptors (Lipinski definition) is 3. The van der Waals surface area contributed by atoms with Gasteiger partial charge in [-0.3, -0.25) is 9.78 Å². The zero-order valence-electron chi connectivity index (χ0n) is 7.72. The second-order valence-corrected chi connectivity index (χ2v) is 3.75. The lowest BCUT2D eigenvalue weighted by Crippen LogP contribution is -2.01. The third-order valence-corrected chi connectivity index (χ3v) is 2.35. The van der Waals surface area contributed by atoms with Gasteiger partial charge in [0.25, 0.3) is 0 Å². The molecule has 0 saturated carbocycles. The summed E-state index contributed by atoms with van der Waals surface area (Å²) in [7, 11) is 0. The van der Waals surface area contributed by atoms with Crippen molar-refractivity contribution in [1.82, 2.24) is 9.97 Å². The van der Waals surface area contributed by atoms with E-state index in [4.69, 9.17) is 0 Å². The van der Waals surface area contributed by atoms with E-state index >= 15 is 0 Å². The summed E-state index contributed by atoms with van der Waals surface area (Å²) < 4.78 is 0.650. The molecule has 3 nitrogen and oxygen atoms in total. The van der Waals surface area contributed by atoms with E-state index in [2.05, 4.69) is 25.9 Å². The Morgan fingerprint density at radius 3 is 2.73 bits per heavy atom. The normalized spacial score (nSPS) is 9.93. The summed E-state index contributed by atoms with van der Waals surface area (Å²) in [4.78, 5) is 19.8. The molecule has 0 atom stereocenters. The maximum Gasteiger partial charge on any atom is 0.194 e. The van der Waals surface area contributed by atoms with Crippen molar-refractivity contribution >= 4 is 21.7 Å². The standard InChI is InChI=1S/C11H7BrN2O/c12-10-6-8(3-5-14-10)11(15)9-2-1-4-13-7-9/h1-7H. The van der Waals surface area contributed by atoms with Gasteiger partial charge >= 0.3 is 0 Å². The summed E-state index contributed by atoms with van der Waals surface area (Å²) in [5.74, 6) is -0.0498. The first kappa shape index (κ1) is 9.98. The fourth-order valence-corrected chi connectivity index (χ4v) is 1.57. The minimum atomic E-state index is -0.0498. The van der Waals surface area contributed by atoms with Crippen molar-refractivity contribution in [3.05, 3.63) is 58.6 Å². The first-order valence-electron chi connectivity index (χ1n) is 4.33. The molecule has 0 aliphatic carbocycles. The van der Waals surface area contributed by atoms with Crippen LogP contribution in [0.4, 0.5) is 0 Å². The van der Waals surface area contributed by atoms with Crippen LogP contribution in [0.3, 0.4) is 0 Å². The molecule has 15 heavy (non-hydrogen) atoms. The van der Waals surface area contributed by atoms with Gasteiger partial charge in [0, 0.05) is 29.7 Å². The summed E-state index contributed by atoms with van der Waals surface area (Å²) in [5.41, 5.74) is 1.18. The van der Waals surface area contributed by atoms with Gasteiger partial charge in [0.05, 0.1) is 0 Å². The lowest BCUT2D eigenvalue weighted by molar-refractivity contribution is 0.103. The third kappa shape index (κ3) is 2.27. The monoisotopic (exact) mass is 262 g/mol. The van der Waals surface area contributed by atoms with Crippen molar-refractivity contribution in [2.24, 2.45) is 0 Å². The van der Waals surface area contributed by atoms with E-state index in [1.807, 2.05) is 0 Å². The SMILES string of the molecule is O=C(c1cccnc1)c1ccnc(Br)c1.